The second kappa shape index (κ2) is 7.99. The minimum Gasteiger partial charge on any atom is -0.267 e. The minimum absolute atomic E-state index is 0.121. The number of unbranched alkanes of at least 4 members (excludes halogenated alkanes) is 1. The molecule has 6 heteroatoms. The molecule has 0 saturated carbocycles. The summed E-state index contributed by atoms with van der Waals surface area (Å²) >= 11 is 0. The number of imide groups is 1. The fourth-order valence-corrected chi connectivity index (χ4v) is 1.84. The van der Waals surface area contributed by atoms with Crippen LogP contribution in [0.3, 0.4) is 0 Å². The number of benzene rings is 1. The van der Waals surface area contributed by atoms with E-state index in [1.165, 1.54) is 18.6 Å². The van der Waals surface area contributed by atoms with Crippen LogP contribution in [0.5, 0.6) is 0 Å². The van der Waals surface area contributed by atoms with Crippen molar-refractivity contribution in [2.24, 2.45) is 0 Å². The van der Waals surface area contributed by atoms with Crippen molar-refractivity contribution in [3.8, 4) is 0 Å². The van der Waals surface area contributed by atoms with Gasteiger partial charge in [-0.2, -0.15) is 0 Å². The molecule has 0 spiro atoms. The fraction of sp³-hybridized carbons (Fsp3) is 0.250. The van der Waals surface area contributed by atoms with Crippen LogP contribution in [-0.2, 0) is 0 Å². The summed E-state index contributed by atoms with van der Waals surface area (Å²) in [5.74, 6) is -0.926. The number of carbonyl (C=O) groups excluding carboxylic acids is 2. The Morgan fingerprint density at radius 1 is 1.14 bits per heavy atom. The van der Waals surface area contributed by atoms with Crippen LogP contribution in [0.1, 0.15) is 40.6 Å². The van der Waals surface area contributed by atoms with Crippen molar-refractivity contribution in [3.63, 3.8) is 0 Å². The third-order valence-corrected chi connectivity index (χ3v) is 3.01. The molecule has 0 aliphatic heterocycles. The van der Waals surface area contributed by atoms with E-state index in [1.54, 1.807) is 24.3 Å². The van der Waals surface area contributed by atoms with Crippen LogP contribution in [0.4, 0.5) is 0 Å². The Morgan fingerprint density at radius 2 is 1.91 bits per heavy atom. The topological polar surface area (TPSA) is 75.2 Å². The lowest BCUT2D eigenvalue weighted by Gasteiger charge is -2.21. The summed E-state index contributed by atoms with van der Waals surface area (Å²) in [5, 5.41) is 1.01. The van der Waals surface area contributed by atoms with Gasteiger partial charge in [0, 0.05) is 24.5 Å². The van der Waals surface area contributed by atoms with Gasteiger partial charge in [-0.25, -0.2) is 15.4 Å². The van der Waals surface area contributed by atoms with E-state index in [-0.39, 0.29) is 5.69 Å². The van der Waals surface area contributed by atoms with Gasteiger partial charge in [0.05, 0.1) is 6.20 Å². The Balaban J connectivity index is 2.22. The van der Waals surface area contributed by atoms with Crippen molar-refractivity contribution in [1.82, 2.24) is 20.4 Å². The number of carbonyl (C=O) groups is 2. The summed E-state index contributed by atoms with van der Waals surface area (Å²) in [4.78, 5) is 32.9. The van der Waals surface area contributed by atoms with Gasteiger partial charge < -0.3 is 0 Å². The standard InChI is InChI=1S/C16H18N4O2/c1-2-3-9-19-20(15(21)13-7-5-4-6-8-13)16(22)14-12-17-10-11-18-14/h4-8,10-12,19H,2-3,9H2,1H3. The molecule has 2 rings (SSSR count). The maximum atomic E-state index is 12.5. The molecule has 2 amide bonds. The van der Waals surface area contributed by atoms with Crippen molar-refractivity contribution in [3.05, 3.63) is 60.2 Å². The van der Waals surface area contributed by atoms with Crippen LogP contribution in [0, 0.1) is 0 Å². The smallest absolute Gasteiger partial charge is 0.267 e. The summed E-state index contributed by atoms with van der Waals surface area (Å²) < 4.78 is 0. The Labute approximate surface area is 129 Å². The molecule has 1 N–H and O–H groups in total. The second-order valence-corrected chi connectivity index (χ2v) is 4.66. The van der Waals surface area contributed by atoms with Crippen LogP contribution in [-0.4, -0.2) is 33.3 Å². The fourth-order valence-electron chi connectivity index (χ4n) is 1.84. The summed E-state index contributed by atoms with van der Waals surface area (Å²) in [6.45, 7) is 2.57. The van der Waals surface area contributed by atoms with Gasteiger partial charge in [0.2, 0.25) is 0 Å². The van der Waals surface area contributed by atoms with Crippen molar-refractivity contribution in [2.45, 2.75) is 19.8 Å². The van der Waals surface area contributed by atoms with Gasteiger partial charge in [-0.1, -0.05) is 31.5 Å². The molecule has 114 valence electrons. The van der Waals surface area contributed by atoms with Crippen molar-refractivity contribution >= 4 is 11.8 Å². The molecule has 0 saturated heterocycles. The number of nitrogens with zero attached hydrogens (tertiary/aromatic N) is 3. The molecule has 0 radical (unpaired) electrons. The second-order valence-electron chi connectivity index (χ2n) is 4.66. The van der Waals surface area contributed by atoms with E-state index in [0.29, 0.717) is 12.1 Å². The summed E-state index contributed by atoms with van der Waals surface area (Å²) in [6.07, 6.45) is 6.05. The normalized spacial score (nSPS) is 10.2. The van der Waals surface area contributed by atoms with E-state index < -0.39 is 11.8 Å². The molecule has 2 aromatic rings. The van der Waals surface area contributed by atoms with Crippen LogP contribution in [0.15, 0.2) is 48.9 Å². The summed E-state index contributed by atoms with van der Waals surface area (Å²) in [5.41, 5.74) is 3.44. The Hall–Kier alpha value is -2.60. The van der Waals surface area contributed by atoms with Crippen LogP contribution >= 0.6 is 0 Å². The number of rotatable bonds is 6. The first-order valence-corrected chi connectivity index (χ1v) is 7.17. The highest BCUT2D eigenvalue weighted by Crippen LogP contribution is 2.06. The lowest BCUT2D eigenvalue weighted by molar-refractivity contribution is 0.0522. The van der Waals surface area contributed by atoms with Gasteiger partial charge in [0.15, 0.2) is 0 Å². The average Bonchev–Trinajstić information content (AvgIpc) is 2.59. The SMILES string of the molecule is CCCCNN(C(=O)c1ccccc1)C(=O)c1cnccn1. The number of amides is 2. The zero-order chi connectivity index (χ0) is 15.8. The van der Waals surface area contributed by atoms with E-state index in [1.807, 2.05) is 13.0 Å². The predicted molar refractivity (Wildman–Crippen MR) is 81.9 cm³/mol. The molecule has 1 aromatic heterocycles. The largest absolute Gasteiger partial charge is 0.295 e. The van der Waals surface area contributed by atoms with E-state index in [9.17, 15) is 9.59 Å². The highest BCUT2D eigenvalue weighted by atomic mass is 16.2. The first kappa shape index (κ1) is 15.8. The summed E-state index contributed by atoms with van der Waals surface area (Å²) in [6, 6.07) is 8.66. The number of aromatic nitrogens is 2. The van der Waals surface area contributed by atoms with E-state index in [0.717, 1.165) is 17.9 Å². The average molecular weight is 298 g/mol. The monoisotopic (exact) mass is 298 g/mol. The number of nitrogens with one attached hydrogen (secondary N) is 1. The van der Waals surface area contributed by atoms with Gasteiger partial charge >= 0.3 is 0 Å². The van der Waals surface area contributed by atoms with E-state index >= 15 is 0 Å². The zero-order valence-electron chi connectivity index (χ0n) is 12.4. The number of hydrogen-bond acceptors (Lipinski definition) is 5. The molecule has 0 fully saturated rings. The minimum atomic E-state index is -0.516. The molecule has 6 nitrogen and oxygen atoms in total. The highest BCUT2D eigenvalue weighted by molar-refractivity contribution is 6.09. The van der Waals surface area contributed by atoms with Gasteiger partial charge in [-0.15, -0.1) is 0 Å². The lowest BCUT2D eigenvalue weighted by atomic mass is 10.2. The molecule has 1 aromatic carbocycles. The van der Waals surface area contributed by atoms with E-state index in [2.05, 4.69) is 15.4 Å². The zero-order valence-corrected chi connectivity index (χ0v) is 12.4. The Morgan fingerprint density at radius 3 is 2.55 bits per heavy atom. The Kier molecular flexibility index (Phi) is 5.73. The first-order chi connectivity index (χ1) is 10.7. The molecule has 0 aliphatic carbocycles. The maximum Gasteiger partial charge on any atom is 0.295 e. The van der Waals surface area contributed by atoms with Gasteiger partial charge in [-0.05, 0) is 18.6 Å². The maximum absolute atomic E-state index is 12.5. The molecule has 0 unspecified atom stereocenters. The van der Waals surface area contributed by atoms with E-state index in [4.69, 9.17) is 0 Å². The molecular weight excluding hydrogens is 280 g/mol. The lowest BCUT2D eigenvalue weighted by Crippen LogP contribution is -2.47. The van der Waals surface area contributed by atoms with Crippen molar-refractivity contribution < 1.29 is 9.59 Å². The third-order valence-electron chi connectivity index (χ3n) is 3.01. The number of hydrazine groups is 1. The van der Waals surface area contributed by atoms with Crippen LogP contribution < -0.4 is 5.43 Å². The molecule has 0 bridgehead atoms. The van der Waals surface area contributed by atoms with Crippen molar-refractivity contribution in [2.75, 3.05) is 6.54 Å². The molecule has 0 aliphatic rings. The predicted octanol–water partition coefficient (Wildman–Crippen LogP) is 2.06. The summed E-state index contributed by atoms with van der Waals surface area (Å²) in [7, 11) is 0. The van der Waals surface area contributed by atoms with Crippen molar-refractivity contribution in [1.29, 1.82) is 0 Å². The van der Waals surface area contributed by atoms with Crippen LogP contribution in [0.25, 0.3) is 0 Å². The molecular formula is C16H18N4O2. The first-order valence-electron chi connectivity index (χ1n) is 7.17. The Bertz CT molecular complexity index is 565. The van der Waals surface area contributed by atoms with Gasteiger partial charge in [0.25, 0.3) is 11.8 Å². The highest BCUT2D eigenvalue weighted by Gasteiger charge is 2.24. The molecule has 1 heterocycles. The number of hydrogen-bond donors (Lipinski definition) is 1. The quantitative estimate of drug-likeness (QED) is 0.502. The van der Waals surface area contributed by atoms with Gasteiger partial charge in [0.1, 0.15) is 5.69 Å². The van der Waals surface area contributed by atoms with Gasteiger partial charge in [-0.3, -0.25) is 14.6 Å². The molecule has 0 atom stereocenters. The third kappa shape index (κ3) is 3.95. The molecule has 22 heavy (non-hydrogen) atoms. The van der Waals surface area contributed by atoms with Crippen LogP contribution in [0.2, 0.25) is 0 Å².